The van der Waals surface area contributed by atoms with Crippen molar-refractivity contribution in [3.8, 4) is 0 Å². The number of hydrogen-bond donors (Lipinski definition) is 1. The van der Waals surface area contributed by atoms with Gasteiger partial charge in [0.05, 0.1) is 23.6 Å². The lowest BCUT2D eigenvalue weighted by molar-refractivity contribution is 0.765. The van der Waals surface area contributed by atoms with Crippen molar-refractivity contribution in [3.05, 3.63) is 41.5 Å². The fraction of sp³-hybridized carbons (Fsp3) is 0.385. The van der Waals surface area contributed by atoms with Crippen LogP contribution in [0.5, 0.6) is 0 Å². The first-order valence-electron chi connectivity index (χ1n) is 5.75. The third-order valence-corrected chi connectivity index (χ3v) is 2.82. The van der Waals surface area contributed by atoms with Gasteiger partial charge >= 0.3 is 0 Å². The smallest absolute Gasteiger partial charge is 0.0607 e. The molecule has 4 heteroatoms. The highest BCUT2D eigenvalue weighted by atomic mass is 15.2. The molecule has 0 aliphatic carbocycles. The van der Waals surface area contributed by atoms with Crippen molar-refractivity contribution >= 4 is 5.69 Å². The second kappa shape index (κ2) is 4.57. The predicted octanol–water partition coefficient (Wildman–Crippen LogP) is 2.61. The molecule has 2 rings (SSSR count). The van der Waals surface area contributed by atoms with Gasteiger partial charge in [-0.1, -0.05) is 0 Å². The SMILES string of the molecule is Cc1ccc(NC(C)c2cnn(C)c2)c(C)n1. The molecular formula is C13H18N4. The van der Waals surface area contributed by atoms with Crippen LogP contribution in [0.1, 0.15) is 29.9 Å². The average Bonchev–Trinajstić information content (AvgIpc) is 2.69. The van der Waals surface area contributed by atoms with Gasteiger partial charge in [0.25, 0.3) is 0 Å². The Kier molecular flexibility index (Phi) is 3.13. The van der Waals surface area contributed by atoms with E-state index in [0.29, 0.717) is 0 Å². The molecule has 2 aromatic rings. The summed E-state index contributed by atoms with van der Waals surface area (Å²) in [5.74, 6) is 0. The van der Waals surface area contributed by atoms with Crippen LogP contribution in [-0.4, -0.2) is 14.8 Å². The van der Waals surface area contributed by atoms with Crippen LogP contribution < -0.4 is 5.32 Å². The molecule has 1 atom stereocenters. The molecule has 2 aromatic heterocycles. The van der Waals surface area contributed by atoms with Crippen molar-refractivity contribution in [1.82, 2.24) is 14.8 Å². The van der Waals surface area contributed by atoms with Gasteiger partial charge in [-0.3, -0.25) is 9.67 Å². The van der Waals surface area contributed by atoms with Crippen LogP contribution in [0.15, 0.2) is 24.5 Å². The summed E-state index contributed by atoms with van der Waals surface area (Å²) in [6.45, 7) is 6.14. The van der Waals surface area contributed by atoms with E-state index < -0.39 is 0 Å². The van der Waals surface area contributed by atoms with Gasteiger partial charge in [-0.05, 0) is 32.9 Å². The van der Waals surface area contributed by atoms with Crippen LogP contribution in [0.2, 0.25) is 0 Å². The first-order valence-corrected chi connectivity index (χ1v) is 5.75. The van der Waals surface area contributed by atoms with Gasteiger partial charge in [0.2, 0.25) is 0 Å². The van der Waals surface area contributed by atoms with Crippen LogP contribution in [0.4, 0.5) is 5.69 Å². The summed E-state index contributed by atoms with van der Waals surface area (Å²) in [5.41, 5.74) is 4.32. The molecule has 17 heavy (non-hydrogen) atoms. The minimum Gasteiger partial charge on any atom is -0.377 e. The van der Waals surface area contributed by atoms with Crippen molar-refractivity contribution in [2.24, 2.45) is 7.05 Å². The molecule has 1 N–H and O–H groups in total. The topological polar surface area (TPSA) is 42.7 Å². The Morgan fingerprint density at radius 1 is 1.29 bits per heavy atom. The molecular weight excluding hydrogens is 212 g/mol. The highest BCUT2D eigenvalue weighted by Gasteiger charge is 2.09. The second-order valence-corrected chi connectivity index (χ2v) is 4.40. The third kappa shape index (κ3) is 2.64. The molecule has 2 heterocycles. The molecule has 90 valence electrons. The molecule has 0 radical (unpaired) electrons. The quantitative estimate of drug-likeness (QED) is 0.881. The Balaban J connectivity index is 2.15. The number of rotatable bonds is 3. The largest absolute Gasteiger partial charge is 0.377 e. The van der Waals surface area contributed by atoms with Gasteiger partial charge in [0, 0.05) is 24.5 Å². The van der Waals surface area contributed by atoms with E-state index in [1.165, 1.54) is 5.56 Å². The second-order valence-electron chi connectivity index (χ2n) is 4.40. The van der Waals surface area contributed by atoms with Gasteiger partial charge in [-0.15, -0.1) is 0 Å². The van der Waals surface area contributed by atoms with Crippen molar-refractivity contribution in [2.75, 3.05) is 5.32 Å². The molecule has 0 aromatic carbocycles. The van der Waals surface area contributed by atoms with Crippen LogP contribution in [0.3, 0.4) is 0 Å². The highest BCUT2D eigenvalue weighted by molar-refractivity contribution is 5.49. The Labute approximate surface area is 102 Å². The molecule has 0 amide bonds. The van der Waals surface area contributed by atoms with Gasteiger partial charge < -0.3 is 5.32 Å². The average molecular weight is 230 g/mol. The third-order valence-electron chi connectivity index (χ3n) is 2.82. The Hall–Kier alpha value is -1.84. The standard InChI is InChI=1S/C13H18N4/c1-9-5-6-13(11(3)15-9)16-10(2)12-7-14-17(4)8-12/h5-8,10,16H,1-4H3. The van der Waals surface area contributed by atoms with E-state index in [2.05, 4.69) is 28.4 Å². The molecule has 0 spiro atoms. The van der Waals surface area contributed by atoms with Gasteiger partial charge in [-0.25, -0.2) is 0 Å². The number of nitrogens with one attached hydrogen (secondary N) is 1. The van der Waals surface area contributed by atoms with Crippen molar-refractivity contribution in [2.45, 2.75) is 26.8 Å². The number of pyridine rings is 1. The molecule has 0 aliphatic rings. The monoisotopic (exact) mass is 230 g/mol. The van der Waals surface area contributed by atoms with E-state index in [9.17, 15) is 0 Å². The maximum absolute atomic E-state index is 4.44. The van der Waals surface area contributed by atoms with Crippen molar-refractivity contribution in [3.63, 3.8) is 0 Å². The molecule has 1 unspecified atom stereocenters. The first-order chi connectivity index (χ1) is 8.06. The normalized spacial score (nSPS) is 12.5. The Bertz CT molecular complexity index is 516. The van der Waals surface area contributed by atoms with Crippen LogP contribution in [0, 0.1) is 13.8 Å². The fourth-order valence-corrected chi connectivity index (χ4v) is 1.82. The van der Waals surface area contributed by atoms with Crippen LogP contribution in [0.25, 0.3) is 0 Å². The van der Waals surface area contributed by atoms with Gasteiger partial charge in [0.1, 0.15) is 0 Å². The summed E-state index contributed by atoms with van der Waals surface area (Å²) in [7, 11) is 1.93. The van der Waals surface area contributed by atoms with Crippen molar-refractivity contribution < 1.29 is 0 Å². The molecule has 0 aliphatic heterocycles. The van der Waals surface area contributed by atoms with E-state index in [1.54, 1.807) is 0 Å². The fourth-order valence-electron chi connectivity index (χ4n) is 1.82. The summed E-state index contributed by atoms with van der Waals surface area (Å²) < 4.78 is 1.81. The van der Waals surface area contributed by atoms with E-state index in [1.807, 2.05) is 44.0 Å². The van der Waals surface area contributed by atoms with E-state index in [4.69, 9.17) is 0 Å². The highest BCUT2D eigenvalue weighted by Crippen LogP contribution is 2.20. The Morgan fingerprint density at radius 3 is 2.65 bits per heavy atom. The maximum atomic E-state index is 4.44. The maximum Gasteiger partial charge on any atom is 0.0607 e. The lowest BCUT2D eigenvalue weighted by Crippen LogP contribution is -2.07. The Morgan fingerprint density at radius 2 is 2.06 bits per heavy atom. The number of anilines is 1. The summed E-state index contributed by atoms with van der Waals surface area (Å²) in [6, 6.07) is 4.32. The first kappa shape index (κ1) is 11.6. The predicted molar refractivity (Wildman–Crippen MR) is 69.0 cm³/mol. The van der Waals surface area contributed by atoms with Crippen LogP contribution in [-0.2, 0) is 7.05 Å². The summed E-state index contributed by atoms with van der Waals surface area (Å²) in [5, 5.41) is 7.63. The molecule has 0 fully saturated rings. The molecule has 0 saturated carbocycles. The van der Waals surface area contributed by atoms with E-state index in [-0.39, 0.29) is 6.04 Å². The number of nitrogens with zero attached hydrogens (tertiary/aromatic N) is 3. The van der Waals surface area contributed by atoms with Gasteiger partial charge in [0.15, 0.2) is 0 Å². The molecule has 4 nitrogen and oxygen atoms in total. The van der Waals surface area contributed by atoms with E-state index >= 15 is 0 Å². The summed E-state index contributed by atoms with van der Waals surface area (Å²) >= 11 is 0. The lowest BCUT2D eigenvalue weighted by atomic mass is 10.1. The van der Waals surface area contributed by atoms with E-state index in [0.717, 1.165) is 17.1 Å². The number of aryl methyl sites for hydroxylation is 3. The van der Waals surface area contributed by atoms with Crippen molar-refractivity contribution in [1.29, 1.82) is 0 Å². The van der Waals surface area contributed by atoms with Crippen LogP contribution >= 0.6 is 0 Å². The zero-order chi connectivity index (χ0) is 12.4. The minimum atomic E-state index is 0.229. The lowest BCUT2D eigenvalue weighted by Gasteiger charge is -2.15. The summed E-state index contributed by atoms with van der Waals surface area (Å²) in [6.07, 6.45) is 3.91. The zero-order valence-corrected chi connectivity index (χ0v) is 10.7. The minimum absolute atomic E-state index is 0.229. The summed E-state index contributed by atoms with van der Waals surface area (Å²) in [4.78, 5) is 4.44. The van der Waals surface area contributed by atoms with Gasteiger partial charge in [-0.2, -0.15) is 5.10 Å². The zero-order valence-electron chi connectivity index (χ0n) is 10.7. The molecule has 0 bridgehead atoms. The number of aromatic nitrogens is 3. The number of hydrogen-bond acceptors (Lipinski definition) is 3. The molecule has 0 saturated heterocycles.